The number of hydrogen-bond donors (Lipinski definition) is 3. The third-order valence-electron chi connectivity index (χ3n) is 5.42. The molecule has 1 aliphatic carbocycles. The molecule has 0 bridgehead atoms. The number of aryl methyl sites for hydroxylation is 2. The second kappa shape index (κ2) is 6.79. The van der Waals surface area contributed by atoms with Crippen LogP contribution in [0.1, 0.15) is 41.9 Å². The Kier molecular flexibility index (Phi) is 5.60. The summed E-state index contributed by atoms with van der Waals surface area (Å²) in [7, 11) is 0. The molecule has 1 aromatic carbocycles. The van der Waals surface area contributed by atoms with Crippen LogP contribution in [0.5, 0.6) is 0 Å². The van der Waals surface area contributed by atoms with E-state index in [2.05, 4.69) is 10.3 Å². The first kappa shape index (κ1) is 20.6. The second-order valence-corrected chi connectivity index (χ2v) is 7.32. The molecule has 1 fully saturated rings. The zero-order valence-corrected chi connectivity index (χ0v) is 18.3. The predicted molar refractivity (Wildman–Crippen MR) is 87.4 cm³/mol. The van der Waals surface area contributed by atoms with Crippen LogP contribution in [0.3, 0.4) is 0 Å². The summed E-state index contributed by atoms with van der Waals surface area (Å²) in [6.45, 7) is 7.13. The normalized spacial score (nSPS) is 24.3. The maximum atomic E-state index is 12.6. The van der Waals surface area contributed by atoms with Gasteiger partial charge in [0.2, 0.25) is 0 Å². The molecule has 0 radical (unpaired) electrons. The topological polar surface area (TPSA) is 105 Å². The Morgan fingerprint density at radius 3 is 2.44 bits per heavy atom. The number of carboxylic acids is 1. The van der Waals surface area contributed by atoms with E-state index < -0.39 is 28.9 Å². The van der Waals surface area contributed by atoms with E-state index in [1.54, 1.807) is 19.9 Å². The van der Waals surface area contributed by atoms with Gasteiger partial charge in [0, 0.05) is 22.7 Å². The van der Waals surface area contributed by atoms with Gasteiger partial charge in [0.1, 0.15) is 5.69 Å². The minimum atomic E-state index is -1.58. The molecule has 2 unspecified atom stereocenters. The van der Waals surface area contributed by atoms with Crippen LogP contribution in [0.4, 0.5) is 0 Å². The number of fused-ring (bicyclic) bond motifs is 1. The molecule has 0 aliphatic heterocycles. The Balaban J connectivity index is 0.00000225. The van der Waals surface area contributed by atoms with Crippen molar-refractivity contribution < 1.29 is 71.2 Å². The molecular weight excluding hydrogens is 347 g/mol. The molecule has 1 amide bonds. The zero-order chi connectivity index (χ0) is 17.9. The number of aliphatic hydroxyl groups excluding tert-OH is 1. The van der Waals surface area contributed by atoms with Crippen LogP contribution in [-0.2, 0) is 4.79 Å². The third kappa shape index (κ3) is 3.11. The number of aliphatic hydroxyl groups is 1. The number of aromatic nitrogens is 1. The predicted octanol–water partition coefficient (Wildman–Crippen LogP) is -2.20. The number of carbonyl (C=O) groups is 2. The SMILES string of the molecule is Cc1cc(C)c2[nH]c(C(=O)NC3(C(=O)[O-])CC(O)C3(C)C)cc2c1.[K+]. The van der Waals surface area contributed by atoms with Crippen molar-refractivity contribution in [3.8, 4) is 0 Å². The van der Waals surface area contributed by atoms with E-state index in [0.29, 0.717) is 0 Å². The Bertz CT molecular complexity index is 858. The monoisotopic (exact) mass is 368 g/mol. The van der Waals surface area contributed by atoms with Gasteiger partial charge in [-0.3, -0.25) is 4.79 Å². The number of carboxylic acid groups (broad SMARTS) is 1. The summed E-state index contributed by atoms with van der Waals surface area (Å²) in [6, 6.07) is 5.67. The molecule has 0 saturated heterocycles. The van der Waals surface area contributed by atoms with Gasteiger partial charge in [-0.2, -0.15) is 0 Å². The summed E-state index contributed by atoms with van der Waals surface area (Å²) >= 11 is 0. The van der Waals surface area contributed by atoms with Crippen LogP contribution in [0, 0.1) is 19.3 Å². The third-order valence-corrected chi connectivity index (χ3v) is 5.42. The van der Waals surface area contributed by atoms with Crippen molar-refractivity contribution in [1.82, 2.24) is 10.3 Å². The van der Waals surface area contributed by atoms with Crippen LogP contribution in [-0.4, -0.2) is 33.6 Å². The quantitative estimate of drug-likeness (QED) is 0.535. The van der Waals surface area contributed by atoms with Crippen LogP contribution < -0.4 is 61.8 Å². The molecule has 2 aromatic rings. The number of benzene rings is 1. The molecule has 1 aromatic heterocycles. The summed E-state index contributed by atoms with van der Waals surface area (Å²) in [5, 5.41) is 25.0. The molecule has 1 saturated carbocycles. The summed E-state index contributed by atoms with van der Waals surface area (Å²) in [6.07, 6.45) is -0.866. The van der Waals surface area contributed by atoms with Crippen molar-refractivity contribution in [2.75, 3.05) is 0 Å². The van der Waals surface area contributed by atoms with Gasteiger partial charge in [-0.15, -0.1) is 0 Å². The maximum absolute atomic E-state index is 12.6. The van der Waals surface area contributed by atoms with Gasteiger partial charge in [-0.05, 0) is 31.5 Å². The molecule has 1 heterocycles. The van der Waals surface area contributed by atoms with Crippen molar-refractivity contribution in [3.63, 3.8) is 0 Å². The molecule has 6 nitrogen and oxygen atoms in total. The minimum Gasteiger partial charge on any atom is -0.548 e. The zero-order valence-electron chi connectivity index (χ0n) is 15.2. The van der Waals surface area contributed by atoms with Gasteiger partial charge in [0.25, 0.3) is 5.91 Å². The number of amides is 1. The Morgan fingerprint density at radius 1 is 1.28 bits per heavy atom. The minimum absolute atomic E-state index is 0. The summed E-state index contributed by atoms with van der Waals surface area (Å²) in [5.41, 5.74) is 0.655. The maximum Gasteiger partial charge on any atom is 1.00 e. The van der Waals surface area contributed by atoms with Gasteiger partial charge in [-0.25, -0.2) is 0 Å². The van der Waals surface area contributed by atoms with Gasteiger partial charge in [0.15, 0.2) is 0 Å². The van der Waals surface area contributed by atoms with E-state index in [-0.39, 0.29) is 63.5 Å². The number of carbonyl (C=O) groups excluding carboxylic acids is 2. The van der Waals surface area contributed by atoms with Crippen molar-refractivity contribution in [2.24, 2.45) is 5.41 Å². The number of aliphatic carboxylic acids is 1. The summed E-state index contributed by atoms with van der Waals surface area (Å²) in [4.78, 5) is 27.3. The smallest absolute Gasteiger partial charge is 0.548 e. The molecular formula is C18H21KN2O4. The van der Waals surface area contributed by atoms with Crippen LogP contribution in [0.25, 0.3) is 10.9 Å². The van der Waals surface area contributed by atoms with E-state index >= 15 is 0 Å². The summed E-state index contributed by atoms with van der Waals surface area (Å²) < 4.78 is 0. The van der Waals surface area contributed by atoms with Gasteiger partial charge >= 0.3 is 51.4 Å². The molecule has 25 heavy (non-hydrogen) atoms. The number of hydrogen-bond acceptors (Lipinski definition) is 4. The van der Waals surface area contributed by atoms with Crippen LogP contribution >= 0.6 is 0 Å². The standard InChI is InChI=1S/C18H22N2O4.K/c1-9-5-10(2)14-11(6-9)7-12(19-14)15(22)20-18(16(23)24)8-13(21)17(18,3)4;/h5-7,13,19,21H,8H2,1-4H3,(H,20,22)(H,23,24);/q;+1/p-1. The average Bonchev–Trinajstić information content (AvgIpc) is 2.90. The Labute approximate surface area is 188 Å². The first-order valence-corrected chi connectivity index (χ1v) is 7.90. The van der Waals surface area contributed by atoms with Crippen LogP contribution in [0.2, 0.25) is 0 Å². The molecule has 1 aliphatic rings. The fourth-order valence-corrected chi connectivity index (χ4v) is 3.57. The van der Waals surface area contributed by atoms with E-state index in [1.807, 2.05) is 26.0 Å². The Morgan fingerprint density at radius 2 is 1.92 bits per heavy atom. The van der Waals surface area contributed by atoms with Crippen molar-refractivity contribution >= 4 is 22.8 Å². The second-order valence-electron chi connectivity index (χ2n) is 7.32. The number of H-pyrrole nitrogens is 1. The number of rotatable bonds is 3. The van der Waals surface area contributed by atoms with Crippen molar-refractivity contribution in [2.45, 2.75) is 45.8 Å². The molecule has 7 heteroatoms. The largest absolute Gasteiger partial charge is 1.00 e. The number of nitrogens with one attached hydrogen (secondary N) is 2. The van der Waals surface area contributed by atoms with Crippen molar-refractivity contribution in [3.05, 3.63) is 35.0 Å². The van der Waals surface area contributed by atoms with Gasteiger partial charge in [0.05, 0.1) is 17.6 Å². The average molecular weight is 368 g/mol. The van der Waals surface area contributed by atoms with Crippen LogP contribution in [0.15, 0.2) is 18.2 Å². The fourth-order valence-electron chi connectivity index (χ4n) is 3.57. The fraction of sp³-hybridized carbons (Fsp3) is 0.444. The summed E-state index contributed by atoms with van der Waals surface area (Å²) in [5.74, 6) is -1.90. The molecule has 3 rings (SSSR count). The van der Waals surface area contributed by atoms with Crippen molar-refractivity contribution in [1.29, 1.82) is 0 Å². The first-order valence-electron chi connectivity index (χ1n) is 7.90. The Hall–Kier alpha value is -0.704. The number of aromatic amines is 1. The molecule has 2 atom stereocenters. The van der Waals surface area contributed by atoms with E-state index in [4.69, 9.17) is 0 Å². The first-order chi connectivity index (χ1) is 11.1. The molecule has 128 valence electrons. The van der Waals surface area contributed by atoms with Gasteiger partial charge in [-0.1, -0.05) is 25.5 Å². The van der Waals surface area contributed by atoms with E-state index in [1.165, 1.54) is 0 Å². The molecule has 3 N–H and O–H groups in total. The van der Waals surface area contributed by atoms with E-state index in [0.717, 1.165) is 22.0 Å². The molecule has 0 spiro atoms. The van der Waals surface area contributed by atoms with E-state index in [9.17, 15) is 19.8 Å². The van der Waals surface area contributed by atoms with Gasteiger partial charge < -0.3 is 25.3 Å².